The highest BCUT2D eigenvalue weighted by atomic mass is 16.5. The van der Waals surface area contributed by atoms with Crippen LogP contribution >= 0.6 is 0 Å². The van der Waals surface area contributed by atoms with E-state index in [1.165, 1.54) is 5.56 Å². The fraction of sp³-hybridized carbons (Fsp3) is 0.286. The van der Waals surface area contributed by atoms with Gasteiger partial charge in [-0.2, -0.15) is 0 Å². The van der Waals surface area contributed by atoms with Crippen LogP contribution < -0.4 is 14.4 Å². The largest absolute Gasteiger partial charge is 0.488 e. The van der Waals surface area contributed by atoms with Gasteiger partial charge in [0.25, 0.3) is 0 Å². The van der Waals surface area contributed by atoms with Crippen molar-refractivity contribution in [3.63, 3.8) is 0 Å². The number of carbonyl (C=O) groups excluding carboxylic acids is 1. The summed E-state index contributed by atoms with van der Waals surface area (Å²) in [6.45, 7) is 10.0. The number of nitrogens with zero attached hydrogens (tertiary/aromatic N) is 1. The van der Waals surface area contributed by atoms with Crippen molar-refractivity contribution in [1.82, 2.24) is 0 Å². The van der Waals surface area contributed by atoms with E-state index < -0.39 is 0 Å². The zero-order valence-electron chi connectivity index (χ0n) is 23.4. The Morgan fingerprint density at radius 3 is 1.82 bits per heavy atom. The van der Waals surface area contributed by atoms with Crippen LogP contribution in [0.15, 0.2) is 78.9 Å². The molecule has 4 aromatic rings. The SMILES string of the molecule is CCCc1cc(OCc2ccccc2)c(-c2c(C)c(C)cc3c2CC(=O)N3CC)c(OCc2ccccc2)c1. The molecule has 1 aliphatic rings. The van der Waals surface area contributed by atoms with E-state index in [2.05, 4.69) is 63.2 Å². The van der Waals surface area contributed by atoms with E-state index in [4.69, 9.17) is 9.47 Å². The molecule has 0 unspecified atom stereocenters. The highest BCUT2D eigenvalue weighted by Crippen LogP contribution is 2.48. The minimum Gasteiger partial charge on any atom is -0.488 e. The summed E-state index contributed by atoms with van der Waals surface area (Å²) in [4.78, 5) is 15.0. The van der Waals surface area contributed by atoms with Crippen molar-refractivity contribution in [2.24, 2.45) is 0 Å². The first-order valence-corrected chi connectivity index (χ1v) is 13.9. The Morgan fingerprint density at radius 2 is 1.31 bits per heavy atom. The van der Waals surface area contributed by atoms with Gasteiger partial charge >= 0.3 is 0 Å². The number of anilines is 1. The Hall–Kier alpha value is -4.05. The molecule has 0 aliphatic carbocycles. The molecule has 0 aromatic heterocycles. The van der Waals surface area contributed by atoms with Crippen molar-refractivity contribution >= 4 is 11.6 Å². The van der Waals surface area contributed by atoms with Crippen LogP contribution in [0, 0.1) is 13.8 Å². The quantitative estimate of drug-likeness (QED) is 0.213. The van der Waals surface area contributed by atoms with Crippen LogP contribution in [-0.4, -0.2) is 12.5 Å². The Morgan fingerprint density at radius 1 is 0.744 bits per heavy atom. The summed E-state index contributed by atoms with van der Waals surface area (Å²) in [6.07, 6.45) is 2.33. The Balaban J connectivity index is 1.70. The van der Waals surface area contributed by atoms with Gasteiger partial charge in [0, 0.05) is 12.2 Å². The van der Waals surface area contributed by atoms with Crippen molar-refractivity contribution in [1.29, 1.82) is 0 Å². The minimum absolute atomic E-state index is 0.139. The summed E-state index contributed by atoms with van der Waals surface area (Å²) < 4.78 is 13.2. The smallest absolute Gasteiger partial charge is 0.231 e. The van der Waals surface area contributed by atoms with Crippen molar-refractivity contribution in [3.8, 4) is 22.6 Å². The summed E-state index contributed by atoms with van der Waals surface area (Å²) in [5.41, 5.74) is 9.75. The van der Waals surface area contributed by atoms with E-state index >= 15 is 0 Å². The van der Waals surface area contributed by atoms with Crippen LogP contribution in [-0.2, 0) is 30.8 Å². The second-order valence-corrected chi connectivity index (χ2v) is 10.3. The lowest BCUT2D eigenvalue weighted by atomic mass is 9.88. The van der Waals surface area contributed by atoms with Crippen LogP contribution in [0.1, 0.15) is 53.6 Å². The van der Waals surface area contributed by atoms with Crippen LogP contribution in [0.25, 0.3) is 11.1 Å². The van der Waals surface area contributed by atoms with E-state index in [1.54, 1.807) is 0 Å². The van der Waals surface area contributed by atoms with Gasteiger partial charge in [-0.25, -0.2) is 0 Å². The summed E-state index contributed by atoms with van der Waals surface area (Å²) in [6, 6.07) is 27.0. The van der Waals surface area contributed by atoms with Gasteiger partial charge in [0.2, 0.25) is 5.91 Å². The van der Waals surface area contributed by atoms with Gasteiger partial charge in [-0.15, -0.1) is 0 Å². The molecule has 39 heavy (non-hydrogen) atoms. The minimum atomic E-state index is 0.139. The third kappa shape index (κ3) is 5.56. The van der Waals surface area contributed by atoms with Crippen molar-refractivity contribution in [2.75, 3.05) is 11.4 Å². The number of aryl methyl sites for hydroxylation is 2. The second kappa shape index (κ2) is 11.8. The van der Waals surface area contributed by atoms with Gasteiger partial charge in [-0.1, -0.05) is 74.0 Å². The molecule has 1 heterocycles. The topological polar surface area (TPSA) is 38.8 Å². The zero-order chi connectivity index (χ0) is 27.4. The molecule has 0 saturated carbocycles. The molecule has 200 valence electrons. The maximum atomic E-state index is 13.1. The Labute approximate surface area is 232 Å². The molecule has 0 atom stereocenters. The first kappa shape index (κ1) is 26.6. The van der Waals surface area contributed by atoms with E-state index in [-0.39, 0.29) is 5.91 Å². The number of hydrogen-bond donors (Lipinski definition) is 0. The maximum Gasteiger partial charge on any atom is 0.231 e. The molecule has 5 rings (SSSR count). The lowest BCUT2D eigenvalue weighted by Crippen LogP contribution is -2.25. The maximum absolute atomic E-state index is 13.1. The van der Waals surface area contributed by atoms with Gasteiger partial charge < -0.3 is 14.4 Å². The third-order valence-corrected chi connectivity index (χ3v) is 7.56. The van der Waals surface area contributed by atoms with E-state index in [0.717, 1.165) is 69.0 Å². The first-order valence-electron chi connectivity index (χ1n) is 13.9. The Bertz CT molecular complexity index is 1400. The molecule has 0 fully saturated rings. The number of carbonyl (C=O) groups is 1. The number of rotatable bonds is 10. The molecule has 0 N–H and O–H groups in total. The standard InChI is InChI=1S/C35H37NO3/c1-5-13-28-19-31(38-22-26-14-9-7-10-15-26)35(32(20-28)39-23-27-16-11-8-12-17-27)34-25(4)24(3)18-30-29(34)21-33(37)36(30)6-2/h7-12,14-20H,5-6,13,21-23H2,1-4H3. The second-order valence-electron chi connectivity index (χ2n) is 10.3. The van der Waals surface area contributed by atoms with Crippen LogP contribution in [0.4, 0.5) is 5.69 Å². The van der Waals surface area contributed by atoms with Crippen LogP contribution in [0.5, 0.6) is 11.5 Å². The predicted octanol–water partition coefficient (Wildman–Crippen LogP) is 7.99. The fourth-order valence-corrected chi connectivity index (χ4v) is 5.46. The highest BCUT2D eigenvalue weighted by Gasteiger charge is 2.32. The molecule has 4 nitrogen and oxygen atoms in total. The summed E-state index contributed by atoms with van der Waals surface area (Å²) in [5.74, 6) is 1.73. The van der Waals surface area contributed by atoms with Gasteiger partial charge in [0.15, 0.2) is 0 Å². The molecule has 0 bridgehead atoms. The molecule has 0 saturated heterocycles. The fourth-order valence-electron chi connectivity index (χ4n) is 5.46. The van der Waals surface area contributed by atoms with Crippen molar-refractivity contribution < 1.29 is 14.3 Å². The normalized spacial score (nSPS) is 12.5. The van der Waals surface area contributed by atoms with Gasteiger partial charge in [0.05, 0.1) is 12.0 Å². The number of benzene rings is 4. The molecule has 4 aromatic carbocycles. The van der Waals surface area contributed by atoms with Gasteiger partial charge in [-0.05, 0) is 84.3 Å². The van der Waals surface area contributed by atoms with E-state index in [9.17, 15) is 4.79 Å². The lowest BCUT2D eigenvalue weighted by molar-refractivity contribution is -0.117. The molecule has 4 heteroatoms. The molecule has 0 radical (unpaired) electrons. The molecular formula is C35H37NO3. The number of fused-ring (bicyclic) bond motifs is 1. The number of amides is 1. The lowest BCUT2D eigenvalue weighted by Gasteiger charge is -2.23. The first-order chi connectivity index (χ1) is 19.0. The Kier molecular flexibility index (Phi) is 8.02. The molecule has 1 amide bonds. The van der Waals surface area contributed by atoms with E-state index in [1.807, 2.05) is 48.2 Å². The number of hydrogen-bond acceptors (Lipinski definition) is 3. The summed E-state index contributed by atoms with van der Waals surface area (Å²) >= 11 is 0. The third-order valence-electron chi connectivity index (χ3n) is 7.56. The summed E-state index contributed by atoms with van der Waals surface area (Å²) in [5, 5.41) is 0. The van der Waals surface area contributed by atoms with Gasteiger partial charge in [-0.3, -0.25) is 4.79 Å². The van der Waals surface area contributed by atoms with Crippen LogP contribution in [0.3, 0.4) is 0 Å². The summed E-state index contributed by atoms with van der Waals surface area (Å²) in [7, 11) is 0. The number of ether oxygens (including phenoxy) is 2. The zero-order valence-corrected chi connectivity index (χ0v) is 23.4. The monoisotopic (exact) mass is 519 g/mol. The highest BCUT2D eigenvalue weighted by molar-refractivity contribution is 6.05. The van der Waals surface area contributed by atoms with E-state index in [0.29, 0.717) is 26.2 Å². The average molecular weight is 520 g/mol. The predicted molar refractivity (Wildman–Crippen MR) is 159 cm³/mol. The van der Waals surface area contributed by atoms with Gasteiger partial charge in [0.1, 0.15) is 24.7 Å². The molecule has 0 spiro atoms. The van der Waals surface area contributed by atoms with Crippen LogP contribution in [0.2, 0.25) is 0 Å². The van der Waals surface area contributed by atoms with Crippen molar-refractivity contribution in [2.45, 2.75) is 60.2 Å². The average Bonchev–Trinajstić information content (AvgIpc) is 3.27. The molecular weight excluding hydrogens is 482 g/mol. The van der Waals surface area contributed by atoms with Crippen molar-refractivity contribution in [3.05, 3.63) is 112 Å². The number of likely N-dealkylation sites (N-methyl/N-ethyl adjacent to an activating group) is 1. The molecule has 1 aliphatic heterocycles.